The van der Waals surface area contributed by atoms with E-state index in [4.69, 9.17) is 4.74 Å². The van der Waals surface area contributed by atoms with Gasteiger partial charge in [0.15, 0.2) is 14.9 Å². The van der Waals surface area contributed by atoms with Crippen LogP contribution in [0.4, 0.5) is 0 Å². The maximum atomic E-state index is 12.2. The van der Waals surface area contributed by atoms with Gasteiger partial charge >= 0.3 is 0 Å². The van der Waals surface area contributed by atoms with Crippen molar-refractivity contribution in [2.24, 2.45) is 0 Å². The summed E-state index contributed by atoms with van der Waals surface area (Å²) in [6.07, 6.45) is 3.44. The minimum Gasteiger partial charge on any atom is -0.455 e. The van der Waals surface area contributed by atoms with Crippen molar-refractivity contribution in [3.63, 3.8) is 0 Å². The molecule has 1 saturated heterocycles. The summed E-state index contributed by atoms with van der Waals surface area (Å²) in [6, 6.07) is 14.3. The Kier molecular flexibility index (Phi) is 6.23. The smallest absolute Gasteiger partial charge is 0.219 e. The van der Waals surface area contributed by atoms with Crippen LogP contribution in [-0.2, 0) is 21.2 Å². The van der Waals surface area contributed by atoms with Gasteiger partial charge in [-0.05, 0) is 54.4 Å². The van der Waals surface area contributed by atoms with Gasteiger partial charge in [-0.25, -0.2) is 13.4 Å². The van der Waals surface area contributed by atoms with Crippen LogP contribution in [0.3, 0.4) is 0 Å². The number of ether oxygens (including phenoxy) is 1. The van der Waals surface area contributed by atoms with Gasteiger partial charge in [0.05, 0.1) is 23.7 Å². The van der Waals surface area contributed by atoms with Crippen molar-refractivity contribution >= 4 is 26.6 Å². The van der Waals surface area contributed by atoms with Crippen LogP contribution in [0, 0.1) is 0 Å². The fourth-order valence-electron chi connectivity index (χ4n) is 4.41. The largest absolute Gasteiger partial charge is 0.455 e. The van der Waals surface area contributed by atoms with Crippen molar-refractivity contribution in [1.29, 1.82) is 0 Å². The summed E-state index contributed by atoms with van der Waals surface area (Å²) in [5, 5.41) is 10.1. The van der Waals surface area contributed by atoms with Gasteiger partial charge in [0, 0.05) is 49.3 Å². The van der Waals surface area contributed by atoms with Gasteiger partial charge in [-0.2, -0.15) is 0 Å². The standard InChI is InChI=1S/C26H26N4O5S/c1-16(32)30-10-9-18(14-30)26-24(7-8-25(29-26)36(2,33)34)35-20-4-6-21-19(11-20)12-23(28-21)22-5-3-17(15-31)13-27-22/h3-8,11-13,18,28,31H,9-10,14-15H2,1-2H3. The van der Waals surface area contributed by atoms with E-state index < -0.39 is 9.84 Å². The number of carbonyl (C=O) groups is 1. The number of aliphatic hydroxyl groups excluding tert-OH is 1. The van der Waals surface area contributed by atoms with Crippen LogP contribution in [-0.4, -0.2) is 58.6 Å². The van der Waals surface area contributed by atoms with E-state index in [1.807, 2.05) is 36.4 Å². The number of sulfone groups is 1. The number of rotatable bonds is 6. The molecular formula is C26H26N4O5S. The highest BCUT2D eigenvalue weighted by molar-refractivity contribution is 7.90. The summed E-state index contributed by atoms with van der Waals surface area (Å²) in [5.41, 5.74) is 3.77. The number of amides is 1. The maximum Gasteiger partial charge on any atom is 0.219 e. The third-order valence-electron chi connectivity index (χ3n) is 6.36. The molecule has 1 aliphatic rings. The first-order valence-electron chi connectivity index (χ1n) is 11.5. The fourth-order valence-corrected chi connectivity index (χ4v) is 4.99. The molecule has 1 aromatic carbocycles. The molecular weight excluding hydrogens is 480 g/mol. The maximum absolute atomic E-state index is 12.2. The topological polar surface area (TPSA) is 125 Å². The van der Waals surface area contributed by atoms with Crippen molar-refractivity contribution < 1.29 is 23.1 Å². The van der Waals surface area contributed by atoms with Crippen molar-refractivity contribution in [2.45, 2.75) is 30.9 Å². The molecule has 0 saturated carbocycles. The number of hydrogen-bond donors (Lipinski definition) is 2. The Balaban J connectivity index is 1.47. The number of fused-ring (bicyclic) bond motifs is 1. The first-order valence-corrected chi connectivity index (χ1v) is 13.4. The molecule has 10 heteroatoms. The molecule has 5 rings (SSSR count). The number of likely N-dealkylation sites (tertiary alicyclic amines) is 1. The molecule has 36 heavy (non-hydrogen) atoms. The van der Waals surface area contributed by atoms with Crippen molar-refractivity contribution in [2.75, 3.05) is 19.3 Å². The molecule has 0 aliphatic carbocycles. The molecule has 2 N–H and O–H groups in total. The number of carbonyl (C=O) groups excluding carboxylic acids is 1. The van der Waals surface area contributed by atoms with Crippen LogP contribution in [0.5, 0.6) is 11.5 Å². The zero-order valence-electron chi connectivity index (χ0n) is 19.9. The molecule has 4 heterocycles. The number of H-pyrrole nitrogens is 1. The Bertz CT molecular complexity index is 1550. The van der Waals surface area contributed by atoms with E-state index >= 15 is 0 Å². The molecule has 1 amide bonds. The van der Waals surface area contributed by atoms with E-state index in [1.165, 1.54) is 13.0 Å². The summed E-state index contributed by atoms with van der Waals surface area (Å²) < 4.78 is 30.5. The lowest BCUT2D eigenvalue weighted by molar-refractivity contribution is -0.127. The summed E-state index contributed by atoms with van der Waals surface area (Å²) >= 11 is 0. The fraction of sp³-hybridized carbons (Fsp3) is 0.269. The van der Waals surface area contributed by atoms with Crippen LogP contribution in [0.1, 0.15) is 30.5 Å². The van der Waals surface area contributed by atoms with Gasteiger partial charge in [-0.1, -0.05) is 6.07 Å². The quantitative estimate of drug-likeness (QED) is 0.409. The van der Waals surface area contributed by atoms with Gasteiger partial charge in [0.2, 0.25) is 5.91 Å². The number of nitrogens with zero attached hydrogens (tertiary/aromatic N) is 3. The average molecular weight is 507 g/mol. The Morgan fingerprint density at radius 3 is 2.69 bits per heavy atom. The summed E-state index contributed by atoms with van der Waals surface area (Å²) in [7, 11) is -3.50. The Hall–Kier alpha value is -3.76. The van der Waals surface area contributed by atoms with Crippen LogP contribution in [0.25, 0.3) is 22.3 Å². The molecule has 1 unspecified atom stereocenters. The summed E-state index contributed by atoms with van der Waals surface area (Å²) in [4.78, 5) is 25.8. The van der Waals surface area contributed by atoms with Crippen molar-refractivity contribution in [3.8, 4) is 22.9 Å². The summed E-state index contributed by atoms with van der Waals surface area (Å²) in [5.74, 6) is 0.900. The number of nitrogens with one attached hydrogen (secondary N) is 1. The van der Waals surface area contributed by atoms with E-state index in [1.54, 1.807) is 17.2 Å². The Labute approximate surface area is 208 Å². The number of aromatic amines is 1. The monoisotopic (exact) mass is 506 g/mol. The highest BCUT2D eigenvalue weighted by Gasteiger charge is 2.30. The second kappa shape index (κ2) is 9.36. The first-order chi connectivity index (χ1) is 17.2. The van der Waals surface area contributed by atoms with Gasteiger partial charge < -0.3 is 19.7 Å². The molecule has 1 aliphatic heterocycles. The predicted molar refractivity (Wildman–Crippen MR) is 134 cm³/mol. The lowest BCUT2D eigenvalue weighted by Gasteiger charge is -2.17. The molecule has 0 bridgehead atoms. The van der Waals surface area contributed by atoms with E-state index in [0.717, 1.165) is 34.1 Å². The van der Waals surface area contributed by atoms with E-state index in [-0.39, 0.29) is 23.5 Å². The Morgan fingerprint density at radius 1 is 1.19 bits per heavy atom. The van der Waals surface area contributed by atoms with Crippen molar-refractivity contribution in [3.05, 3.63) is 66.0 Å². The molecule has 9 nitrogen and oxygen atoms in total. The van der Waals surface area contributed by atoms with E-state index in [9.17, 15) is 18.3 Å². The summed E-state index contributed by atoms with van der Waals surface area (Å²) in [6.45, 7) is 2.52. The third-order valence-corrected chi connectivity index (χ3v) is 7.35. The minimum atomic E-state index is -3.50. The molecule has 0 spiro atoms. The van der Waals surface area contributed by atoms with Gasteiger partial charge in [0.1, 0.15) is 11.5 Å². The van der Waals surface area contributed by atoms with Crippen LogP contribution in [0.2, 0.25) is 0 Å². The highest BCUT2D eigenvalue weighted by Crippen LogP contribution is 2.36. The van der Waals surface area contributed by atoms with E-state index in [0.29, 0.717) is 36.7 Å². The normalized spacial score (nSPS) is 16.0. The number of pyridine rings is 2. The van der Waals surface area contributed by atoms with Gasteiger partial charge in [-0.15, -0.1) is 0 Å². The first kappa shape index (κ1) is 24.0. The molecule has 3 aromatic heterocycles. The van der Waals surface area contributed by atoms with Crippen LogP contribution >= 0.6 is 0 Å². The van der Waals surface area contributed by atoms with Gasteiger partial charge in [-0.3, -0.25) is 9.78 Å². The molecule has 1 atom stereocenters. The van der Waals surface area contributed by atoms with Crippen molar-refractivity contribution in [1.82, 2.24) is 19.9 Å². The molecule has 186 valence electrons. The predicted octanol–water partition coefficient (Wildman–Crippen LogP) is 3.65. The zero-order valence-corrected chi connectivity index (χ0v) is 20.7. The van der Waals surface area contributed by atoms with E-state index in [2.05, 4.69) is 15.0 Å². The lowest BCUT2D eigenvalue weighted by atomic mass is 10.0. The number of hydrogen-bond acceptors (Lipinski definition) is 7. The average Bonchev–Trinajstić information content (AvgIpc) is 3.51. The minimum absolute atomic E-state index is 0.0171. The van der Waals surface area contributed by atoms with Crippen LogP contribution in [0.15, 0.2) is 59.8 Å². The molecule has 0 radical (unpaired) electrons. The number of aliphatic hydroxyl groups is 1. The van der Waals surface area contributed by atoms with Crippen LogP contribution < -0.4 is 4.74 Å². The molecule has 4 aromatic rings. The second-order valence-electron chi connectivity index (χ2n) is 9.00. The third kappa shape index (κ3) is 4.82. The lowest BCUT2D eigenvalue weighted by Crippen LogP contribution is -2.25. The molecule has 1 fully saturated rings. The Morgan fingerprint density at radius 2 is 2.03 bits per heavy atom. The zero-order chi connectivity index (χ0) is 25.4. The number of benzene rings is 1. The SMILES string of the molecule is CC(=O)N1CCC(c2nc(S(C)(=O)=O)ccc2Oc2ccc3[nH]c(-c4ccc(CO)cn4)cc3c2)C1. The highest BCUT2D eigenvalue weighted by atomic mass is 32.2. The second-order valence-corrected chi connectivity index (χ2v) is 11.0. The number of aromatic nitrogens is 3. The van der Waals surface area contributed by atoms with Gasteiger partial charge in [0.25, 0.3) is 0 Å².